The van der Waals surface area contributed by atoms with Crippen molar-refractivity contribution in [1.82, 2.24) is 20.3 Å². The molecule has 4 rings (SSSR count). The van der Waals surface area contributed by atoms with Crippen LogP contribution in [0.15, 0.2) is 30.6 Å². The monoisotopic (exact) mass is 406 g/mol. The molecule has 2 aromatic heterocycles. The Kier molecular flexibility index (Phi) is 5.50. The van der Waals surface area contributed by atoms with E-state index in [-0.39, 0.29) is 17.7 Å². The van der Waals surface area contributed by atoms with E-state index in [1.807, 2.05) is 20.0 Å². The van der Waals surface area contributed by atoms with Crippen LogP contribution in [-0.4, -0.2) is 53.4 Å². The zero-order chi connectivity index (χ0) is 21.3. The lowest BCUT2D eigenvalue weighted by molar-refractivity contribution is 0.0907. The van der Waals surface area contributed by atoms with E-state index in [1.54, 1.807) is 19.5 Å². The number of aromatic amines is 1. The van der Waals surface area contributed by atoms with Crippen LogP contribution in [-0.2, 0) is 4.74 Å². The van der Waals surface area contributed by atoms with Gasteiger partial charge in [0.15, 0.2) is 5.65 Å². The third-order valence-electron chi connectivity index (χ3n) is 5.31. The number of rotatable bonds is 8. The number of nitrogens with zero attached hydrogens (tertiary/aromatic N) is 2. The molecule has 1 aromatic carbocycles. The standard InChI is InChI=1S/C22H26N6O2/c1-12(11-30-3)27-22(29)16-9-25-21-20(16)28-18(10-26-21)19(23)15-8-14(13-4-5-13)6-7-17(15)24-2/h6-10,12-13,23-24H,4-5,11H2,1-3H3,(H,25,26)(H,27,29)/t12-/m0/s1. The number of aromatic nitrogens is 3. The van der Waals surface area contributed by atoms with Crippen molar-refractivity contribution in [3.05, 3.63) is 53.0 Å². The first-order valence-corrected chi connectivity index (χ1v) is 10.1. The maximum Gasteiger partial charge on any atom is 0.255 e. The summed E-state index contributed by atoms with van der Waals surface area (Å²) >= 11 is 0. The number of amides is 1. The third-order valence-corrected chi connectivity index (χ3v) is 5.31. The lowest BCUT2D eigenvalue weighted by atomic mass is 10.00. The molecule has 0 bridgehead atoms. The molecule has 0 aliphatic heterocycles. The average Bonchev–Trinajstić information content (AvgIpc) is 3.51. The van der Waals surface area contributed by atoms with Crippen LogP contribution in [0.4, 0.5) is 5.69 Å². The fraction of sp³-hybridized carbons (Fsp3) is 0.364. The van der Waals surface area contributed by atoms with Crippen LogP contribution >= 0.6 is 0 Å². The van der Waals surface area contributed by atoms with Gasteiger partial charge in [0.05, 0.1) is 24.1 Å². The van der Waals surface area contributed by atoms with Crippen molar-refractivity contribution in [1.29, 1.82) is 5.41 Å². The van der Waals surface area contributed by atoms with Crippen LogP contribution in [0.25, 0.3) is 11.2 Å². The second-order valence-corrected chi connectivity index (χ2v) is 7.69. The highest BCUT2D eigenvalue weighted by molar-refractivity contribution is 6.14. The molecule has 0 spiro atoms. The molecule has 2 heterocycles. The van der Waals surface area contributed by atoms with Crippen molar-refractivity contribution < 1.29 is 9.53 Å². The van der Waals surface area contributed by atoms with E-state index in [2.05, 4.69) is 37.7 Å². The van der Waals surface area contributed by atoms with Gasteiger partial charge in [0, 0.05) is 37.6 Å². The summed E-state index contributed by atoms with van der Waals surface area (Å²) in [6, 6.07) is 6.06. The smallest absolute Gasteiger partial charge is 0.255 e. The van der Waals surface area contributed by atoms with Gasteiger partial charge in [0.2, 0.25) is 0 Å². The predicted octanol–water partition coefficient (Wildman–Crippen LogP) is 3.06. The molecule has 8 nitrogen and oxygen atoms in total. The Labute approximate surface area is 175 Å². The number of fused-ring (bicyclic) bond motifs is 1. The number of nitrogens with one attached hydrogen (secondary N) is 4. The van der Waals surface area contributed by atoms with Crippen molar-refractivity contribution in [2.75, 3.05) is 26.1 Å². The molecule has 1 atom stereocenters. The van der Waals surface area contributed by atoms with Crippen molar-refractivity contribution >= 4 is 28.5 Å². The van der Waals surface area contributed by atoms with Crippen LogP contribution in [0.1, 0.15) is 52.9 Å². The van der Waals surface area contributed by atoms with Gasteiger partial charge in [-0.2, -0.15) is 0 Å². The first-order chi connectivity index (χ1) is 14.5. The summed E-state index contributed by atoms with van der Waals surface area (Å²) in [5.74, 6) is 0.334. The van der Waals surface area contributed by atoms with Gasteiger partial charge in [0.1, 0.15) is 11.2 Å². The first kappa shape index (κ1) is 20.0. The molecule has 30 heavy (non-hydrogen) atoms. The first-order valence-electron chi connectivity index (χ1n) is 10.1. The van der Waals surface area contributed by atoms with Crippen LogP contribution < -0.4 is 10.6 Å². The normalized spacial score (nSPS) is 14.5. The Bertz CT molecular complexity index is 1100. The van der Waals surface area contributed by atoms with Crippen molar-refractivity contribution in [3.8, 4) is 0 Å². The number of carbonyl (C=O) groups is 1. The summed E-state index contributed by atoms with van der Waals surface area (Å²) in [5, 5.41) is 14.8. The molecule has 1 fully saturated rings. The highest BCUT2D eigenvalue weighted by atomic mass is 16.5. The molecule has 4 N–H and O–H groups in total. The number of ether oxygens (including phenoxy) is 1. The van der Waals surface area contributed by atoms with Crippen LogP contribution in [0, 0.1) is 5.41 Å². The second kappa shape index (κ2) is 8.23. The minimum absolute atomic E-state index is 0.134. The van der Waals surface area contributed by atoms with Crippen LogP contribution in [0.2, 0.25) is 0 Å². The van der Waals surface area contributed by atoms with Gasteiger partial charge in [-0.1, -0.05) is 6.07 Å². The minimum Gasteiger partial charge on any atom is -0.388 e. The van der Waals surface area contributed by atoms with E-state index < -0.39 is 0 Å². The molecule has 1 saturated carbocycles. The molecule has 0 saturated heterocycles. The van der Waals surface area contributed by atoms with E-state index in [1.165, 1.54) is 18.4 Å². The molecular weight excluding hydrogens is 380 g/mol. The van der Waals surface area contributed by atoms with Gasteiger partial charge in [-0.3, -0.25) is 10.2 Å². The summed E-state index contributed by atoms with van der Waals surface area (Å²) in [4.78, 5) is 24.7. The maximum atomic E-state index is 12.7. The van der Waals surface area contributed by atoms with Crippen molar-refractivity contribution in [3.63, 3.8) is 0 Å². The van der Waals surface area contributed by atoms with Gasteiger partial charge >= 0.3 is 0 Å². The summed E-state index contributed by atoms with van der Waals surface area (Å²) in [6.07, 6.45) is 5.56. The molecule has 3 aromatic rings. The zero-order valence-electron chi connectivity index (χ0n) is 17.4. The Hall–Kier alpha value is -3.26. The largest absolute Gasteiger partial charge is 0.388 e. The zero-order valence-corrected chi connectivity index (χ0v) is 17.4. The summed E-state index contributed by atoms with van der Waals surface area (Å²) in [6.45, 7) is 2.29. The Morgan fingerprint density at radius 2 is 2.17 bits per heavy atom. The fourth-order valence-corrected chi connectivity index (χ4v) is 3.57. The van der Waals surface area contributed by atoms with E-state index in [0.717, 1.165) is 11.3 Å². The summed E-state index contributed by atoms with van der Waals surface area (Å²) < 4.78 is 5.08. The molecule has 156 valence electrons. The van der Waals surface area contributed by atoms with E-state index in [0.29, 0.717) is 34.9 Å². The molecule has 1 aliphatic rings. The fourth-order valence-electron chi connectivity index (χ4n) is 3.57. The molecule has 8 heteroatoms. The third kappa shape index (κ3) is 3.91. The number of H-pyrrole nitrogens is 1. The van der Waals surface area contributed by atoms with Gasteiger partial charge in [-0.15, -0.1) is 0 Å². The molecule has 0 radical (unpaired) electrons. The lowest BCUT2D eigenvalue weighted by Crippen LogP contribution is -2.35. The number of carbonyl (C=O) groups excluding carboxylic acids is 1. The highest BCUT2D eigenvalue weighted by Gasteiger charge is 2.25. The van der Waals surface area contributed by atoms with Crippen molar-refractivity contribution in [2.45, 2.75) is 31.7 Å². The van der Waals surface area contributed by atoms with E-state index in [4.69, 9.17) is 10.1 Å². The Morgan fingerprint density at radius 1 is 1.37 bits per heavy atom. The summed E-state index contributed by atoms with van der Waals surface area (Å²) in [7, 11) is 3.43. The minimum atomic E-state index is -0.254. The number of methoxy groups -OCH3 is 1. The van der Waals surface area contributed by atoms with Crippen molar-refractivity contribution in [2.24, 2.45) is 0 Å². The average molecular weight is 406 g/mol. The quantitative estimate of drug-likeness (QED) is 0.429. The van der Waals surface area contributed by atoms with Crippen LogP contribution in [0.5, 0.6) is 0 Å². The Balaban J connectivity index is 1.67. The summed E-state index contributed by atoms with van der Waals surface area (Å²) in [5.41, 5.74) is 4.95. The van der Waals surface area contributed by atoms with Gasteiger partial charge in [-0.05, 0) is 43.4 Å². The van der Waals surface area contributed by atoms with Crippen LogP contribution in [0.3, 0.4) is 0 Å². The number of benzene rings is 1. The number of hydrogen-bond acceptors (Lipinski definition) is 6. The SMILES string of the molecule is CNc1ccc(C2CC2)cc1C(=N)c1cnc2[nH]cc(C(=O)N[C@@H](C)COC)c2n1. The van der Waals surface area contributed by atoms with Gasteiger partial charge < -0.3 is 20.4 Å². The molecule has 1 aliphatic carbocycles. The molecule has 0 unspecified atom stereocenters. The van der Waals surface area contributed by atoms with Gasteiger partial charge in [0.25, 0.3) is 5.91 Å². The number of hydrogen-bond donors (Lipinski definition) is 4. The predicted molar refractivity (Wildman–Crippen MR) is 117 cm³/mol. The maximum absolute atomic E-state index is 12.7. The number of anilines is 1. The van der Waals surface area contributed by atoms with E-state index >= 15 is 0 Å². The highest BCUT2D eigenvalue weighted by Crippen LogP contribution is 2.41. The topological polar surface area (TPSA) is 116 Å². The van der Waals surface area contributed by atoms with Gasteiger partial charge in [-0.25, -0.2) is 9.97 Å². The molecule has 1 amide bonds. The lowest BCUT2D eigenvalue weighted by Gasteiger charge is -2.13. The molecular formula is C22H26N6O2. The second-order valence-electron chi connectivity index (χ2n) is 7.69. The van der Waals surface area contributed by atoms with E-state index in [9.17, 15) is 4.79 Å². The Morgan fingerprint density at radius 3 is 2.87 bits per heavy atom.